The normalized spacial score (nSPS) is 28.3. The molecule has 1 saturated carbocycles. The van der Waals surface area contributed by atoms with Crippen molar-refractivity contribution in [1.29, 1.82) is 0 Å². The Morgan fingerprint density at radius 2 is 1.89 bits per heavy atom. The highest BCUT2D eigenvalue weighted by Gasteiger charge is 2.38. The Hall–Kier alpha value is -0.910. The SMILES string of the molecule is Cc1ccc(S(=O)(=O)O[C@H]2CCCC[C@@]2(C)O)cc1. The zero-order valence-electron chi connectivity index (χ0n) is 11.3. The Balaban J connectivity index is 2.19. The number of rotatable bonds is 3. The summed E-state index contributed by atoms with van der Waals surface area (Å²) in [5.74, 6) is 0. The van der Waals surface area contributed by atoms with Gasteiger partial charge in [0.25, 0.3) is 10.1 Å². The maximum Gasteiger partial charge on any atom is 0.297 e. The molecule has 0 unspecified atom stereocenters. The molecule has 1 fully saturated rings. The minimum Gasteiger partial charge on any atom is -0.387 e. The first-order chi connectivity index (χ1) is 8.81. The molecule has 1 N–H and O–H groups in total. The second-order valence-corrected chi connectivity index (χ2v) is 7.03. The molecule has 0 amide bonds. The van der Waals surface area contributed by atoms with Gasteiger partial charge in [0.1, 0.15) is 6.10 Å². The second kappa shape index (κ2) is 5.23. The average molecular weight is 284 g/mol. The number of benzene rings is 1. The van der Waals surface area contributed by atoms with Crippen LogP contribution in [0.15, 0.2) is 29.2 Å². The highest BCUT2D eigenvalue weighted by atomic mass is 32.2. The van der Waals surface area contributed by atoms with E-state index in [1.54, 1.807) is 19.1 Å². The fourth-order valence-corrected chi connectivity index (χ4v) is 3.54. The van der Waals surface area contributed by atoms with Crippen molar-refractivity contribution in [2.24, 2.45) is 0 Å². The van der Waals surface area contributed by atoms with Crippen LogP contribution in [0.1, 0.15) is 38.2 Å². The third kappa shape index (κ3) is 3.35. The molecule has 0 heterocycles. The van der Waals surface area contributed by atoms with Crippen LogP contribution in [0.2, 0.25) is 0 Å². The summed E-state index contributed by atoms with van der Waals surface area (Å²) in [5, 5.41) is 10.2. The Bertz CT molecular complexity index is 531. The third-order valence-electron chi connectivity index (χ3n) is 3.65. The van der Waals surface area contributed by atoms with E-state index in [2.05, 4.69) is 0 Å². The molecule has 2 rings (SSSR count). The van der Waals surface area contributed by atoms with Crippen LogP contribution in [0.3, 0.4) is 0 Å². The molecule has 5 heteroatoms. The Morgan fingerprint density at radius 3 is 2.47 bits per heavy atom. The van der Waals surface area contributed by atoms with Gasteiger partial charge in [-0.2, -0.15) is 8.42 Å². The molecular formula is C14H20O4S. The lowest BCUT2D eigenvalue weighted by atomic mass is 9.84. The lowest BCUT2D eigenvalue weighted by molar-refractivity contribution is -0.0712. The molecule has 0 saturated heterocycles. The van der Waals surface area contributed by atoms with Gasteiger partial charge in [0.2, 0.25) is 0 Å². The predicted octanol–water partition coefficient (Wildman–Crippen LogP) is 2.39. The van der Waals surface area contributed by atoms with Crippen LogP contribution in [0.4, 0.5) is 0 Å². The standard InChI is InChI=1S/C14H20O4S/c1-11-6-8-12(9-7-11)19(16,17)18-13-5-3-4-10-14(13,2)15/h6-9,13,15H,3-5,10H2,1-2H3/t13-,14+/m0/s1. The molecule has 0 aromatic heterocycles. The predicted molar refractivity (Wildman–Crippen MR) is 72.3 cm³/mol. The summed E-state index contributed by atoms with van der Waals surface area (Å²) in [7, 11) is -3.81. The van der Waals surface area contributed by atoms with E-state index in [-0.39, 0.29) is 4.90 Å². The summed E-state index contributed by atoms with van der Waals surface area (Å²) >= 11 is 0. The average Bonchev–Trinajstić information content (AvgIpc) is 2.32. The van der Waals surface area contributed by atoms with Gasteiger partial charge in [0.15, 0.2) is 0 Å². The second-order valence-electron chi connectivity index (χ2n) is 5.45. The quantitative estimate of drug-likeness (QED) is 0.866. The van der Waals surface area contributed by atoms with Crippen molar-refractivity contribution < 1.29 is 17.7 Å². The topological polar surface area (TPSA) is 63.6 Å². The zero-order chi connectivity index (χ0) is 14.1. The Labute approximate surface area is 114 Å². The van der Waals surface area contributed by atoms with E-state index in [9.17, 15) is 13.5 Å². The molecule has 0 aliphatic heterocycles. The molecule has 106 valence electrons. The molecular weight excluding hydrogens is 264 g/mol. The van der Waals surface area contributed by atoms with Crippen molar-refractivity contribution in [3.63, 3.8) is 0 Å². The van der Waals surface area contributed by atoms with Gasteiger partial charge in [0, 0.05) is 0 Å². The lowest BCUT2D eigenvalue weighted by Gasteiger charge is -2.35. The number of aliphatic hydroxyl groups is 1. The van der Waals surface area contributed by atoms with Crippen molar-refractivity contribution >= 4 is 10.1 Å². The van der Waals surface area contributed by atoms with Crippen molar-refractivity contribution in [2.45, 2.75) is 56.1 Å². The minimum atomic E-state index is -3.81. The van der Waals surface area contributed by atoms with Gasteiger partial charge in [0.05, 0.1) is 10.5 Å². The van der Waals surface area contributed by atoms with Crippen LogP contribution in [-0.2, 0) is 14.3 Å². The van der Waals surface area contributed by atoms with Gasteiger partial charge >= 0.3 is 0 Å². The van der Waals surface area contributed by atoms with E-state index in [0.717, 1.165) is 18.4 Å². The van der Waals surface area contributed by atoms with Crippen molar-refractivity contribution in [3.8, 4) is 0 Å². The highest BCUT2D eigenvalue weighted by molar-refractivity contribution is 7.86. The number of aryl methyl sites for hydroxylation is 1. The van der Waals surface area contributed by atoms with Crippen LogP contribution < -0.4 is 0 Å². The molecule has 1 aliphatic carbocycles. The van der Waals surface area contributed by atoms with Gasteiger partial charge in [-0.1, -0.05) is 30.5 Å². The fraction of sp³-hybridized carbons (Fsp3) is 0.571. The largest absolute Gasteiger partial charge is 0.387 e. The third-order valence-corrected chi connectivity index (χ3v) is 4.98. The van der Waals surface area contributed by atoms with Crippen molar-refractivity contribution in [3.05, 3.63) is 29.8 Å². The van der Waals surface area contributed by atoms with E-state index in [1.807, 2.05) is 6.92 Å². The van der Waals surface area contributed by atoms with E-state index in [0.29, 0.717) is 12.8 Å². The van der Waals surface area contributed by atoms with E-state index >= 15 is 0 Å². The zero-order valence-corrected chi connectivity index (χ0v) is 12.1. The molecule has 1 aliphatic rings. The summed E-state index contributed by atoms with van der Waals surface area (Å²) in [4.78, 5) is 0.138. The molecule has 0 bridgehead atoms. The first-order valence-electron chi connectivity index (χ1n) is 6.54. The Morgan fingerprint density at radius 1 is 1.26 bits per heavy atom. The van der Waals surface area contributed by atoms with E-state index in [1.165, 1.54) is 12.1 Å². The van der Waals surface area contributed by atoms with Crippen LogP contribution in [0.5, 0.6) is 0 Å². The Kier molecular flexibility index (Phi) is 3.99. The van der Waals surface area contributed by atoms with Gasteiger partial charge in [-0.05, 0) is 38.8 Å². The van der Waals surface area contributed by atoms with Gasteiger partial charge < -0.3 is 5.11 Å². The molecule has 2 atom stereocenters. The summed E-state index contributed by atoms with van der Waals surface area (Å²) in [6, 6.07) is 6.52. The van der Waals surface area contributed by atoms with E-state index < -0.39 is 21.8 Å². The summed E-state index contributed by atoms with van der Waals surface area (Å²) in [6.45, 7) is 3.53. The molecule has 4 nitrogen and oxygen atoms in total. The fourth-order valence-electron chi connectivity index (χ4n) is 2.35. The molecule has 19 heavy (non-hydrogen) atoms. The van der Waals surface area contributed by atoms with Gasteiger partial charge in [-0.3, -0.25) is 4.18 Å². The van der Waals surface area contributed by atoms with Gasteiger partial charge in [-0.25, -0.2) is 0 Å². The first-order valence-corrected chi connectivity index (χ1v) is 7.94. The molecule has 1 aromatic carbocycles. The maximum atomic E-state index is 12.2. The van der Waals surface area contributed by atoms with Crippen LogP contribution in [0, 0.1) is 6.92 Å². The van der Waals surface area contributed by atoms with Crippen LogP contribution in [0.25, 0.3) is 0 Å². The van der Waals surface area contributed by atoms with E-state index in [4.69, 9.17) is 4.18 Å². The van der Waals surface area contributed by atoms with Gasteiger partial charge in [-0.15, -0.1) is 0 Å². The van der Waals surface area contributed by atoms with Crippen molar-refractivity contribution in [2.75, 3.05) is 0 Å². The summed E-state index contributed by atoms with van der Waals surface area (Å²) in [5.41, 5.74) is -0.0839. The first kappa shape index (κ1) is 14.5. The van der Waals surface area contributed by atoms with Crippen LogP contribution in [-0.4, -0.2) is 25.2 Å². The number of hydrogen-bond acceptors (Lipinski definition) is 4. The van der Waals surface area contributed by atoms with Crippen LogP contribution >= 0.6 is 0 Å². The summed E-state index contributed by atoms with van der Waals surface area (Å²) < 4.78 is 29.6. The molecule has 0 spiro atoms. The molecule has 1 aromatic rings. The minimum absolute atomic E-state index is 0.138. The smallest absolute Gasteiger partial charge is 0.297 e. The monoisotopic (exact) mass is 284 g/mol. The number of hydrogen-bond donors (Lipinski definition) is 1. The lowest BCUT2D eigenvalue weighted by Crippen LogP contribution is -2.44. The maximum absolute atomic E-state index is 12.2. The summed E-state index contributed by atoms with van der Waals surface area (Å²) in [6.07, 6.45) is 2.26. The van der Waals surface area contributed by atoms with Crippen molar-refractivity contribution in [1.82, 2.24) is 0 Å². The highest BCUT2D eigenvalue weighted by Crippen LogP contribution is 2.32. The molecule has 0 radical (unpaired) electrons.